The van der Waals surface area contributed by atoms with Gasteiger partial charge in [0.2, 0.25) is 0 Å². The molecule has 2 heterocycles. The van der Waals surface area contributed by atoms with E-state index in [0.29, 0.717) is 0 Å². The smallest absolute Gasteiger partial charge is 0.0628 e. The van der Waals surface area contributed by atoms with Crippen LogP contribution in [0.1, 0.15) is 68.2 Å². The fourth-order valence-corrected chi connectivity index (χ4v) is 4.12. The standard InChI is InChI=1S/C18H30N2O2/c1-15(2)9-13(10-16(3,4)19(15)21)14-11-17(5,6)20(22)18(7,8)12-14/h9,11H,10,12H2,1-8H3. The zero-order chi connectivity index (χ0) is 17.1. The maximum Gasteiger partial charge on any atom is 0.0628 e. The van der Waals surface area contributed by atoms with Crippen molar-refractivity contribution in [3.63, 3.8) is 0 Å². The summed E-state index contributed by atoms with van der Waals surface area (Å²) in [6, 6.07) is 0. The summed E-state index contributed by atoms with van der Waals surface area (Å²) < 4.78 is 0. The molecular weight excluding hydrogens is 276 g/mol. The van der Waals surface area contributed by atoms with Crippen LogP contribution in [-0.2, 0) is 10.4 Å². The summed E-state index contributed by atoms with van der Waals surface area (Å²) in [5.74, 6) is 0. The lowest BCUT2D eigenvalue weighted by Crippen LogP contribution is -2.57. The van der Waals surface area contributed by atoms with E-state index in [-0.39, 0.29) is 0 Å². The molecule has 4 nitrogen and oxygen atoms in total. The molecule has 0 aromatic heterocycles. The summed E-state index contributed by atoms with van der Waals surface area (Å²) in [6.07, 6.45) is 5.61. The quantitative estimate of drug-likeness (QED) is 0.733. The van der Waals surface area contributed by atoms with E-state index in [9.17, 15) is 10.4 Å². The van der Waals surface area contributed by atoms with Crippen molar-refractivity contribution in [3.8, 4) is 0 Å². The second-order valence-corrected chi connectivity index (χ2v) is 9.21. The molecule has 2 aliphatic rings. The summed E-state index contributed by atoms with van der Waals surface area (Å²) in [7, 11) is 0. The molecule has 0 amide bonds. The van der Waals surface area contributed by atoms with E-state index in [4.69, 9.17) is 0 Å². The Kier molecular flexibility index (Phi) is 3.94. The van der Waals surface area contributed by atoms with Crippen molar-refractivity contribution in [2.75, 3.05) is 0 Å². The summed E-state index contributed by atoms with van der Waals surface area (Å²) in [6.45, 7) is 15.8. The summed E-state index contributed by atoms with van der Waals surface area (Å²) in [4.78, 5) is 0. The Morgan fingerprint density at radius 3 is 1.18 bits per heavy atom. The SMILES string of the molecule is CC1(C)C=C(C2=CC(C)(C)N([O])C(C)(C)C2)CC(C)(C)N1[O]. The molecule has 0 aromatic rings. The molecule has 0 saturated heterocycles. The molecule has 0 aromatic carbocycles. The minimum atomic E-state index is -0.527. The molecule has 0 aliphatic carbocycles. The molecule has 124 valence electrons. The number of hydrogen-bond donors (Lipinski definition) is 0. The van der Waals surface area contributed by atoms with Crippen LogP contribution < -0.4 is 0 Å². The van der Waals surface area contributed by atoms with Gasteiger partial charge in [0.05, 0.1) is 11.1 Å². The summed E-state index contributed by atoms with van der Waals surface area (Å²) >= 11 is 0. The average molecular weight is 306 g/mol. The van der Waals surface area contributed by atoms with Crippen molar-refractivity contribution in [2.45, 2.75) is 90.4 Å². The fraction of sp³-hybridized carbons (Fsp3) is 0.778. The first-order valence-electron chi connectivity index (χ1n) is 8.08. The number of hydrogen-bond acceptors (Lipinski definition) is 2. The van der Waals surface area contributed by atoms with Gasteiger partial charge in [-0.1, -0.05) is 12.2 Å². The number of rotatable bonds is 1. The molecule has 0 fully saturated rings. The van der Waals surface area contributed by atoms with Crippen molar-refractivity contribution in [3.05, 3.63) is 23.3 Å². The van der Waals surface area contributed by atoms with Crippen LogP contribution in [0.25, 0.3) is 0 Å². The highest BCUT2D eigenvalue weighted by Gasteiger charge is 2.46. The van der Waals surface area contributed by atoms with Crippen LogP contribution in [0.4, 0.5) is 0 Å². The van der Waals surface area contributed by atoms with Gasteiger partial charge in [-0.15, -0.1) is 20.5 Å². The Bertz CT molecular complexity index is 479. The third-order valence-corrected chi connectivity index (χ3v) is 4.86. The summed E-state index contributed by atoms with van der Waals surface area (Å²) in [5.41, 5.74) is 0.517. The monoisotopic (exact) mass is 306 g/mol. The van der Waals surface area contributed by atoms with Gasteiger partial charge in [-0.25, -0.2) is 0 Å². The second-order valence-electron chi connectivity index (χ2n) is 9.21. The first-order valence-corrected chi connectivity index (χ1v) is 8.08. The Balaban J connectivity index is 2.48. The zero-order valence-electron chi connectivity index (χ0n) is 15.3. The van der Waals surface area contributed by atoms with E-state index < -0.39 is 22.2 Å². The van der Waals surface area contributed by atoms with Gasteiger partial charge in [-0.2, -0.15) is 0 Å². The highest BCUT2D eigenvalue weighted by molar-refractivity contribution is 5.41. The minimum Gasteiger partial charge on any atom is -0.140 e. The van der Waals surface area contributed by atoms with E-state index in [1.54, 1.807) is 0 Å². The summed E-state index contributed by atoms with van der Waals surface area (Å²) in [5, 5.41) is 27.4. The molecule has 4 heteroatoms. The van der Waals surface area contributed by atoms with Crippen LogP contribution in [0.3, 0.4) is 0 Å². The van der Waals surface area contributed by atoms with Gasteiger partial charge in [0.15, 0.2) is 0 Å². The number of nitrogens with zero attached hydrogens (tertiary/aromatic N) is 2. The number of hydroxylamine groups is 4. The average Bonchev–Trinajstić information content (AvgIpc) is 2.31. The van der Waals surface area contributed by atoms with Gasteiger partial charge in [0.25, 0.3) is 0 Å². The van der Waals surface area contributed by atoms with Crippen molar-refractivity contribution < 1.29 is 10.4 Å². The third-order valence-electron chi connectivity index (χ3n) is 4.86. The van der Waals surface area contributed by atoms with Crippen molar-refractivity contribution in [1.82, 2.24) is 10.1 Å². The Morgan fingerprint density at radius 2 is 0.955 bits per heavy atom. The highest BCUT2D eigenvalue weighted by atomic mass is 16.5. The molecule has 0 saturated carbocycles. The van der Waals surface area contributed by atoms with E-state index in [1.807, 2.05) is 55.4 Å². The third kappa shape index (κ3) is 2.90. The van der Waals surface area contributed by atoms with Gasteiger partial charge in [0, 0.05) is 11.1 Å². The van der Waals surface area contributed by atoms with Crippen LogP contribution >= 0.6 is 0 Å². The second kappa shape index (κ2) is 4.91. The maximum atomic E-state index is 12.5. The van der Waals surface area contributed by atoms with Crippen LogP contribution in [0.2, 0.25) is 0 Å². The molecule has 2 rings (SSSR count). The van der Waals surface area contributed by atoms with Crippen LogP contribution in [0, 0.1) is 0 Å². The van der Waals surface area contributed by atoms with Crippen LogP contribution in [0.15, 0.2) is 23.3 Å². The highest BCUT2D eigenvalue weighted by Crippen LogP contribution is 2.44. The lowest BCUT2D eigenvalue weighted by atomic mass is 9.74. The van der Waals surface area contributed by atoms with E-state index >= 15 is 0 Å². The van der Waals surface area contributed by atoms with Crippen LogP contribution in [0.5, 0.6) is 0 Å². The lowest BCUT2D eigenvalue weighted by Gasteiger charge is -2.49. The Labute approximate surface area is 135 Å². The van der Waals surface area contributed by atoms with E-state index in [0.717, 1.165) is 12.8 Å². The maximum absolute atomic E-state index is 12.5. The Morgan fingerprint density at radius 1 is 0.682 bits per heavy atom. The molecule has 2 radical (unpaired) electrons. The predicted molar refractivity (Wildman–Crippen MR) is 86.8 cm³/mol. The normalized spacial score (nSPS) is 30.6. The lowest BCUT2D eigenvalue weighted by molar-refractivity contribution is -0.265. The first-order chi connectivity index (χ1) is 9.69. The fourth-order valence-electron chi connectivity index (χ4n) is 4.12. The molecule has 0 unspecified atom stereocenters. The molecule has 2 aliphatic heterocycles. The molecule has 0 spiro atoms. The Hall–Kier alpha value is -0.680. The van der Waals surface area contributed by atoms with E-state index in [1.165, 1.54) is 21.3 Å². The van der Waals surface area contributed by atoms with Crippen LogP contribution in [-0.4, -0.2) is 32.3 Å². The molecule has 0 bridgehead atoms. The van der Waals surface area contributed by atoms with Crippen molar-refractivity contribution in [1.29, 1.82) is 0 Å². The zero-order valence-corrected chi connectivity index (χ0v) is 15.3. The first kappa shape index (κ1) is 17.7. The van der Waals surface area contributed by atoms with Gasteiger partial charge >= 0.3 is 0 Å². The largest absolute Gasteiger partial charge is 0.140 e. The van der Waals surface area contributed by atoms with Gasteiger partial charge < -0.3 is 0 Å². The molecular formula is C18H30N2O2. The predicted octanol–water partition coefficient (Wildman–Crippen LogP) is 4.06. The van der Waals surface area contributed by atoms with Gasteiger partial charge in [-0.05, 0) is 79.4 Å². The molecule has 0 atom stereocenters. The van der Waals surface area contributed by atoms with Crippen molar-refractivity contribution in [2.24, 2.45) is 0 Å². The topological polar surface area (TPSA) is 46.3 Å². The minimum absolute atomic E-state index is 0.433. The van der Waals surface area contributed by atoms with Gasteiger partial charge in [0.1, 0.15) is 0 Å². The molecule has 22 heavy (non-hydrogen) atoms. The van der Waals surface area contributed by atoms with Gasteiger partial charge in [-0.3, -0.25) is 0 Å². The van der Waals surface area contributed by atoms with Crippen molar-refractivity contribution >= 4 is 0 Å². The van der Waals surface area contributed by atoms with E-state index in [2.05, 4.69) is 12.2 Å². The molecule has 0 N–H and O–H groups in total.